The maximum Gasteiger partial charge on any atom is 0.219 e. The molecule has 78 valence electrons. The van der Waals surface area contributed by atoms with Crippen LogP contribution in [0, 0.1) is 0 Å². The SMILES string of the molecule is CCN(C(C)C)C(CN)CC(N)=O. The zero-order chi connectivity index (χ0) is 10.4. The lowest BCUT2D eigenvalue weighted by atomic mass is 10.1. The number of nitrogens with zero attached hydrogens (tertiary/aromatic N) is 1. The van der Waals surface area contributed by atoms with Gasteiger partial charge in [0.25, 0.3) is 0 Å². The zero-order valence-corrected chi connectivity index (χ0v) is 8.79. The summed E-state index contributed by atoms with van der Waals surface area (Å²) in [5.41, 5.74) is 10.7. The lowest BCUT2D eigenvalue weighted by Crippen LogP contribution is -2.46. The first-order valence-corrected chi connectivity index (χ1v) is 4.77. The highest BCUT2D eigenvalue weighted by atomic mass is 16.1. The molecule has 4 nitrogen and oxygen atoms in total. The summed E-state index contributed by atoms with van der Waals surface area (Å²) < 4.78 is 0. The Hall–Kier alpha value is -0.610. The summed E-state index contributed by atoms with van der Waals surface area (Å²) in [5.74, 6) is -0.283. The number of amides is 1. The number of rotatable bonds is 6. The molecule has 0 fully saturated rings. The molecule has 0 aliphatic heterocycles. The minimum Gasteiger partial charge on any atom is -0.370 e. The third kappa shape index (κ3) is 4.24. The second-order valence-corrected chi connectivity index (χ2v) is 3.48. The Labute approximate surface area is 80.3 Å². The smallest absolute Gasteiger partial charge is 0.219 e. The van der Waals surface area contributed by atoms with Crippen LogP contribution in [0.1, 0.15) is 27.2 Å². The van der Waals surface area contributed by atoms with Gasteiger partial charge in [-0.15, -0.1) is 0 Å². The standard InChI is InChI=1S/C9H21N3O/c1-4-12(7(2)3)8(6-10)5-9(11)13/h7-8H,4-6,10H2,1-3H3,(H2,11,13). The zero-order valence-electron chi connectivity index (χ0n) is 8.79. The third-order valence-electron chi connectivity index (χ3n) is 2.21. The molecule has 0 saturated heterocycles. The summed E-state index contributed by atoms with van der Waals surface area (Å²) >= 11 is 0. The van der Waals surface area contributed by atoms with Gasteiger partial charge in [0.2, 0.25) is 5.91 Å². The predicted molar refractivity (Wildman–Crippen MR) is 54.2 cm³/mol. The van der Waals surface area contributed by atoms with E-state index in [9.17, 15) is 4.79 Å². The van der Waals surface area contributed by atoms with Crippen molar-refractivity contribution >= 4 is 5.91 Å². The summed E-state index contributed by atoms with van der Waals surface area (Å²) in [6, 6.07) is 0.486. The number of nitrogens with two attached hydrogens (primary N) is 2. The molecule has 13 heavy (non-hydrogen) atoms. The first-order valence-electron chi connectivity index (χ1n) is 4.77. The van der Waals surface area contributed by atoms with Gasteiger partial charge in [-0.25, -0.2) is 0 Å². The Kier molecular flexibility index (Phi) is 5.66. The van der Waals surface area contributed by atoms with Crippen LogP contribution in [0.2, 0.25) is 0 Å². The molecule has 4 N–H and O–H groups in total. The molecule has 1 unspecified atom stereocenters. The van der Waals surface area contributed by atoms with Gasteiger partial charge in [0.05, 0.1) is 0 Å². The highest BCUT2D eigenvalue weighted by Crippen LogP contribution is 2.07. The summed E-state index contributed by atoms with van der Waals surface area (Å²) in [6.07, 6.45) is 0.350. The lowest BCUT2D eigenvalue weighted by molar-refractivity contribution is -0.119. The number of carbonyl (C=O) groups excluding carboxylic acids is 1. The van der Waals surface area contributed by atoms with E-state index in [1.165, 1.54) is 0 Å². The van der Waals surface area contributed by atoms with Crippen molar-refractivity contribution in [3.8, 4) is 0 Å². The van der Waals surface area contributed by atoms with Crippen molar-refractivity contribution in [1.29, 1.82) is 0 Å². The van der Waals surface area contributed by atoms with E-state index in [0.29, 0.717) is 19.0 Å². The lowest BCUT2D eigenvalue weighted by Gasteiger charge is -2.32. The monoisotopic (exact) mass is 187 g/mol. The molecule has 0 aliphatic rings. The van der Waals surface area contributed by atoms with E-state index in [0.717, 1.165) is 6.54 Å². The highest BCUT2D eigenvalue weighted by Gasteiger charge is 2.19. The van der Waals surface area contributed by atoms with Crippen LogP contribution in [0.25, 0.3) is 0 Å². The molecule has 0 aromatic rings. The molecule has 0 aliphatic carbocycles. The van der Waals surface area contributed by atoms with Crippen molar-refractivity contribution < 1.29 is 4.79 Å². The topological polar surface area (TPSA) is 72.3 Å². The van der Waals surface area contributed by atoms with E-state index in [-0.39, 0.29) is 11.9 Å². The van der Waals surface area contributed by atoms with Gasteiger partial charge in [0, 0.05) is 25.0 Å². The maximum absolute atomic E-state index is 10.8. The fraction of sp³-hybridized carbons (Fsp3) is 0.889. The second-order valence-electron chi connectivity index (χ2n) is 3.48. The van der Waals surface area contributed by atoms with Gasteiger partial charge in [-0.05, 0) is 20.4 Å². The fourth-order valence-electron chi connectivity index (χ4n) is 1.61. The molecular weight excluding hydrogens is 166 g/mol. The largest absolute Gasteiger partial charge is 0.370 e. The average molecular weight is 187 g/mol. The quantitative estimate of drug-likeness (QED) is 0.611. The molecule has 0 aromatic heterocycles. The van der Waals surface area contributed by atoms with E-state index in [4.69, 9.17) is 11.5 Å². The molecule has 1 atom stereocenters. The average Bonchev–Trinajstić information content (AvgIpc) is 2.02. The number of hydrogen-bond donors (Lipinski definition) is 2. The van der Waals surface area contributed by atoms with Crippen LogP contribution in [-0.4, -0.2) is 36.0 Å². The van der Waals surface area contributed by atoms with Gasteiger partial charge in [-0.2, -0.15) is 0 Å². The van der Waals surface area contributed by atoms with E-state index in [1.54, 1.807) is 0 Å². The van der Waals surface area contributed by atoms with Crippen LogP contribution >= 0.6 is 0 Å². The summed E-state index contributed by atoms with van der Waals surface area (Å²) in [4.78, 5) is 12.9. The number of likely N-dealkylation sites (N-methyl/N-ethyl adjacent to an activating group) is 1. The van der Waals surface area contributed by atoms with Crippen LogP contribution in [0.3, 0.4) is 0 Å². The Morgan fingerprint density at radius 3 is 2.23 bits per heavy atom. The summed E-state index contributed by atoms with van der Waals surface area (Å²) in [5, 5.41) is 0. The van der Waals surface area contributed by atoms with Crippen molar-refractivity contribution in [3.05, 3.63) is 0 Å². The first-order chi connectivity index (χ1) is 6.02. The Morgan fingerprint density at radius 2 is 2.00 bits per heavy atom. The molecular formula is C9H21N3O. The molecule has 0 saturated carbocycles. The molecule has 0 radical (unpaired) electrons. The van der Waals surface area contributed by atoms with Crippen LogP contribution in [0.5, 0.6) is 0 Å². The van der Waals surface area contributed by atoms with E-state index >= 15 is 0 Å². The molecule has 0 heterocycles. The van der Waals surface area contributed by atoms with Crippen molar-refractivity contribution in [3.63, 3.8) is 0 Å². The van der Waals surface area contributed by atoms with Crippen molar-refractivity contribution in [2.24, 2.45) is 11.5 Å². The molecule has 4 heteroatoms. The summed E-state index contributed by atoms with van der Waals surface area (Å²) in [6.45, 7) is 7.62. The maximum atomic E-state index is 10.8. The Balaban J connectivity index is 4.25. The van der Waals surface area contributed by atoms with Crippen molar-refractivity contribution in [1.82, 2.24) is 4.90 Å². The molecule has 0 rings (SSSR count). The minimum absolute atomic E-state index is 0.0856. The second kappa shape index (κ2) is 5.94. The van der Waals surface area contributed by atoms with E-state index < -0.39 is 0 Å². The van der Waals surface area contributed by atoms with Gasteiger partial charge in [0.1, 0.15) is 0 Å². The Morgan fingerprint density at radius 1 is 1.46 bits per heavy atom. The Bertz CT molecular complexity index is 159. The van der Waals surface area contributed by atoms with Crippen molar-refractivity contribution in [2.75, 3.05) is 13.1 Å². The number of carbonyl (C=O) groups is 1. The molecule has 0 bridgehead atoms. The normalized spacial score (nSPS) is 13.7. The number of hydrogen-bond acceptors (Lipinski definition) is 3. The fourth-order valence-corrected chi connectivity index (χ4v) is 1.61. The minimum atomic E-state index is -0.283. The van der Waals surface area contributed by atoms with Gasteiger partial charge < -0.3 is 11.5 Å². The van der Waals surface area contributed by atoms with Crippen LogP contribution in [-0.2, 0) is 4.79 Å². The van der Waals surface area contributed by atoms with Gasteiger partial charge in [0.15, 0.2) is 0 Å². The van der Waals surface area contributed by atoms with E-state index in [2.05, 4.69) is 25.7 Å². The van der Waals surface area contributed by atoms with Crippen molar-refractivity contribution in [2.45, 2.75) is 39.3 Å². The van der Waals surface area contributed by atoms with Crippen LogP contribution < -0.4 is 11.5 Å². The van der Waals surface area contributed by atoms with Crippen LogP contribution in [0.4, 0.5) is 0 Å². The predicted octanol–water partition coefficient (Wildman–Crippen LogP) is -0.0806. The van der Waals surface area contributed by atoms with Gasteiger partial charge >= 0.3 is 0 Å². The third-order valence-corrected chi connectivity index (χ3v) is 2.21. The van der Waals surface area contributed by atoms with Crippen LogP contribution in [0.15, 0.2) is 0 Å². The summed E-state index contributed by atoms with van der Waals surface area (Å²) in [7, 11) is 0. The molecule has 0 spiro atoms. The van der Waals surface area contributed by atoms with Gasteiger partial charge in [-0.1, -0.05) is 6.92 Å². The van der Waals surface area contributed by atoms with E-state index in [1.807, 2.05) is 0 Å². The first kappa shape index (κ1) is 12.4. The molecule has 0 aromatic carbocycles. The highest BCUT2D eigenvalue weighted by molar-refractivity contribution is 5.74. The number of primary amides is 1. The van der Waals surface area contributed by atoms with Gasteiger partial charge in [-0.3, -0.25) is 9.69 Å². The molecule has 1 amide bonds.